The molecule has 1 fully saturated rings. The summed E-state index contributed by atoms with van der Waals surface area (Å²) in [5.41, 5.74) is -0.0486. The molecule has 1 aliphatic rings. The van der Waals surface area contributed by atoms with E-state index in [-0.39, 0.29) is 36.7 Å². The summed E-state index contributed by atoms with van der Waals surface area (Å²) in [6.07, 6.45) is 1.99. The minimum Gasteiger partial charge on any atom is -0.484 e. The van der Waals surface area contributed by atoms with E-state index in [9.17, 15) is 19.7 Å². The zero-order valence-corrected chi connectivity index (χ0v) is 12.2. The molecule has 1 aliphatic carbocycles. The molecule has 2 rings (SSSR count). The highest BCUT2D eigenvalue weighted by molar-refractivity contribution is 5.85. The molecule has 0 atom stereocenters. The van der Waals surface area contributed by atoms with Gasteiger partial charge in [-0.05, 0) is 25.0 Å². The molecule has 0 aliphatic heterocycles. The van der Waals surface area contributed by atoms with Gasteiger partial charge in [-0.2, -0.15) is 0 Å². The van der Waals surface area contributed by atoms with E-state index in [2.05, 4.69) is 5.32 Å². The molecule has 2 amide bonds. The second kappa shape index (κ2) is 6.88. The molecule has 0 bridgehead atoms. The maximum Gasteiger partial charge on any atom is 0.269 e. The van der Waals surface area contributed by atoms with E-state index >= 15 is 0 Å². The fraction of sp³-hybridized carbons (Fsp3) is 0.429. The summed E-state index contributed by atoms with van der Waals surface area (Å²) in [7, 11) is 1.52. The summed E-state index contributed by atoms with van der Waals surface area (Å²) < 4.78 is 5.25. The Hall–Kier alpha value is -2.64. The van der Waals surface area contributed by atoms with Crippen LogP contribution in [0.15, 0.2) is 24.3 Å². The average Bonchev–Trinajstić information content (AvgIpc) is 3.28. The fourth-order valence-electron chi connectivity index (χ4n) is 1.72. The molecular formula is C14H17N3O5. The summed E-state index contributed by atoms with van der Waals surface area (Å²) in [5, 5.41) is 13.3. The highest BCUT2D eigenvalue weighted by Gasteiger charge is 2.24. The zero-order chi connectivity index (χ0) is 16.1. The summed E-state index contributed by atoms with van der Waals surface area (Å²) in [6, 6.07) is 5.70. The molecule has 0 aromatic heterocycles. The highest BCUT2D eigenvalue weighted by atomic mass is 16.6. The standard InChI is InChI=1S/C14H17N3O5/c1-16(8-13(18)15-10-2-3-10)14(19)9-22-12-6-4-11(5-7-12)17(20)21/h4-7,10H,2-3,8-9H2,1H3,(H,15,18). The Labute approximate surface area is 127 Å². The molecule has 1 aromatic rings. The van der Waals surface area contributed by atoms with Gasteiger partial charge in [0.05, 0.1) is 11.5 Å². The van der Waals surface area contributed by atoms with Gasteiger partial charge in [-0.15, -0.1) is 0 Å². The van der Waals surface area contributed by atoms with Crippen LogP contribution < -0.4 is 10.1 Å². The molecule has 1 saturated carbocycles. The summed E-state index contributed by atoms with van der Waals surface area (Å²) >= 11 is 0. The number of amides is 2. The largest absolute Gasteiger partial charge is 0.484 e. The Bertz CT molecular complexity index is 568. The molecule has 0 spiro atoms. The molecule has 22 heavy (non-hydrogen) atoms. The lowest BCUT2D eigenvalue weighted by molar-refractivity contribution is -0.384. The van der Waals surface area contributed by atoms with E-state index < -0.39 is 4.92 Å². The number of nitro groups is 1. The predicted octanol–water partition coefficient (Wildman–Crippen LogP) is 0.711. The van der Waals surface area contributed by atoms with Crippen molar-refractivity contribution >= 4 is 17.5 Å². The maximum absolute atomic E-state index is 11.8. The molecule has 1 aromatic carbocycles. The Morgan fingerprint density at radius 3 is 2.55 bits per heavy atom. The first-order valence-electron chi connectivity index (χ1n) is 6.86. The van der Waals surface area contributed by atoms with Gasteiger partial charge in [0.15, 0.2) is 6.61 Å². The van der Waals surface area contributed by atoms with Crippen LogP contribution in [0.2, 0.25) is 0 Å². The van der Waals surface area contributed by atoms with Gasteiger partial charge < -0.3 is 15.0 Å². The van der Waals surface area contributed by atoms with E-state index in [0.717, 1.165) is 12.8 Å². The average molecular weight is 307 g/mol. The highest BCUT2D eigenvalue weighted by Crippen LogP contribution is 2.18. The number of hydrogen-bond donors (Lipinski definition) is 1. The van der Waals surface area contributed by atoms with Crippen LogP contribution in [0.3, 0.4) is 0 Å². The van der Waals surface area contributed by atoms with Gasteiger partial charge in [-0.1, -0.05) is 0 Å². The third-order valence-corrected chi connectivity index (χ3v) is 3.16. The van der Waals surface area contributed by atoms with Crippen molar-refractivity contribution < 1.29 is 19.2 Å². The fourth-order valence-corrected chi connectivity index (χ4v) is 1.72. The number of rotatable bonds is 7. The van der Waals surface area contributed by atoms with Crippen LogP contribution in [0.5, 0.6) is 5.75 Å². The van der Waals surface area contributed by atoms with Crippen molar-refractivity contribution in [2.75, 3.05) is 20.2 Å². The minimum atomic E-state index is -0.513. The molecule has 8 heteroatoms. The molecule has 0 unspecified atom stereocenters. The van der Waals surface area contributed by atoms with E-state index in [1.165, 1.54) is 36.2 Å². The van der Waals surface area contributed by atoms with Gasteiger partial charge in [-0.25, -0.2) is 0 Å². The van der Waals surface area contributed by atoms with Gasteiger partial charge in [0.1, 0.15) is 5.75 Å². The first kappa shape index (κ1) is 15.7. The van der Waals surface area contributed by atoms with Crippen molar-refractivity contribution in [2.24, 2.45) is 0 Å². The van der Waals surface area contributed by atoms with Crippen LogP contribution in [0.4, 0.5) is 5.69 Å². The molecule has 8 nitrogen and oxygen atoms in total. The zero-order valence-electron chi connectivity index (χ0n) is 12.2. The first-order valence-corrected chi connectivity index (χ1v) is 6.86. The molecule has 0 saturated heterocycles. The Morgan fingerprint density at radius 1 is 1.36 bits per heavy atom. The number of benzene rings is 1. The lowest BCUT2D eigenvalue weighted by Crippen LogP contribution is -2.40. The SMILES string of the molecule is CN(CC(=O)NC1CC1)C(=O)COc1ccc([N+](=O)[O-])cc1. The summed E-state index contributed by atoms with van der Waals surface area (Å²) in [4.78, 5) is 34.7. The number of nitrogens with one attached hydrogen (secondary N) is 1. The van der Waals surface area contributed by atoms with Gasteiger partial charge in [0.25, 0.3) is 11.6 Å². The van der Waals surface area contributed by atoms with Crippen molar-refractivity contribution in [3.63, 3.8) is 0 Å². The number of hydrogen-bond acceptors (Lipinski definition) is 5. The van der Waals surface area contributed by atoms with Crippen molar-refractivity contribution in [1.29, 1.82) is 0 Å². The van der Waals surface area contributed by atoms with Gasteiger partial charge in [0, 0.05) is 25.2 Å². The van der Waals surface area contributed by atoms with Crippen molar-refractivity contribution in [3.05, 3.63) is 34.4 Å². The number of carbonyl (C=O) groups is 2. The topological polar surface area (TPSA) is 102 Å². The number of nitro benzene ring substituents is 1. The molecule has 0 radical (unpaired) electrons. The van der Waals surface area contributed by atoms with Crippen LogP contribution in [-0.2, 0) is 9.59 Å². The molecule has 118 valence electrons. The van der Waals surface area contributed by atoms with Gasteiger partial charge in [0.2, 0.25) is 5.91 Å². The van der Waals surface area contributed by atoms with E-state index in [4.69, 9.17) is 4.74 Å². The molecule has 0 heterocycles. The summed E-state index contributed by atoms with van der Waals surface area (Å²) in [6.45, 7) is -0.246. The van der Waals surface area contributed by atoms with Crippen LogP contribution in [0.1, 0.15) is 12.8 Å². The van der Waals surface area contributed by atoms with Crippen molar-refractivity contribution in [1.82, 2.24) is 10.2 Å². The normalized spacial score (nSPS) is 13.3. The third-order valence-electron chi connectivity index (χ3n) is 3.16. The van der Waals surface area contributed by atoms with Crippen LogP contribution in [0, 0.1) is 10.1 Å². The summed E-state index contributed by atoms with van der Waals surface area (Å²) in [5.74, 6) is -0.173. The van der Waals surface area contributed by atoms with E-state index in [0.29, 0.717) is 5.75 Å². The van der Waals surface area contributed by atoms with E-state index in [1.54, 1.807) is 0 Å². The van der Waals surface area contributed by atoms with E-state index in [1.807, 2.05) is 0 Å². The third kappa shape index (κ3) is 4.72. The lowest BCUT2D eigenvalue weighted by atomic mass is 10.3. The second-order valence-corrected chi connectivity index (χ2v) is 5.13. The van der Waals surface area contributed by atoms with Gasteiger partial charge >= 0.3 is 0 Å². The first-order chi connectivity index (χ1) is 10.5. The van der Waals surface area contributed by atoms with Gasteiger partial charge in [-0.3, -0.25) is 19.7 Å². The number of non-ortho nitro benzene ring substituents is 1. The number of likely N-dealkylation sites (N-methyl/N-ethyl adjacent to an activating group) is 1. The monoisotopic (exact) mass is 307 g/mol. The molecular weight excluding hydrogens is 290 g/mol. The number of ether oxygens (including phenoxy) is 1. The Morgan fingerprint density at radius 2 is 2.00 bits per heavy atom. The second-order valence-electron chi connectivity index (χ2n) is 5.13. The van der Waals surface area contributed by atoms with Crippen molar-refractivity contribution in [3.8, 4) is 5.75 Å². The van der Waals surface area contributed by atoms with Crippen LogP contribution in [0.25, 0.3) is 0 Å². The number of nitrogens with zero attached hydrogens (tertiary/aromatic N) is 2. The molecule has 1 N–H and O–H groups in total. The quantitative estimate of drug-likeness (QED) is 0.590. The Kier molecular flexibility index (Phi) is 4.92. The Balaban J connectivity index is 1.75. The van der Waals surface area contributed by atoms with Crippen LogP contribution >= 0.6 is 0 Å². The van der Waals surface area contributed by atoms with Crippen LogP contribution in [-0.4, -0.2) is 47.9 Å². The van der Waals surface area contributed by atoms with Crippen molar-refractivity contribution in [2.45, 2.75) is 18.9 Å². The number of carbonyl (C=O) groups excluding carboxylic acids is 2. The minimum absolute atomic E-state index is 0.0149. The maximum atomic E-state index is 11.8. The predicted molar refractivity (Wildman–Crippen MR) is 77.4 cm³/mol. The smallest absolute Gasteiger partial charge is 0.269 e. The lowest BCUT2D eigenvalue weighted by Gasteiger charge is -2.17.